The second kappa shape index (κ2) is 6.24. The van der Waals surface area contributed by atoms with E-state index in [1.807, 2.05) is 40.5 Å². The average Bonchev–Trinajstić information content (AvgIpc) is 3.25. The third-order valence-electron chi connectivity index (χ3n) is 3.59. The van der Waals surface area contributed by atoms with Crippen LogP contribution in [0.2, 0.25) is 0 Å². The second-order valence-electron chi connectivity index (χ2n) is 5.06. The molecule has 2 atom stereocenters. The average molecular weight is 302 g/mol. The Bertz CT molecular complexity index is 660. The highest BCUT2D eigenvalue weighted by Gasteiger charge is 2.15. The van der Waals surface area contributed by atoms with Gasteiger partial charge in [-0.25, -0.2) is 0 Å². The van der Waals surface area contributed by atoms with Crippen molar-refractivity contribution in [3.05, 3.63) is 47.7 Å². The summed E-state index contributed by atoms with van der Waals surface area (Å²) in [6.07, 6.45) is 3.78. The zero-order valence-corrected chi connectivity index (χ0v) is 12.9. The molecule has 0 unspecified atom stereocenters. The first-order valence-corrected chi connectivity index (χ1v) is 7.84. The zero-order valence-electron chi connectivity index (χ0n) is 12.1. The topological polar surface area (TPSA) is 55.9 Å². The van der Waals surface area contributed by atoms with Gasteiger partial charge >= 0.3 is 0 Å². The minimum absolute atomic E-state index is 0.281. The van der Waals surface area contributed by atoms with Gasteiger partial charge in [-0.3, -0.25) is 4.68 Å². The van der Waals surface area contributed by atoms with Crippen LogP contribution in [0.5, 0.6) is 0 Å². The Kier molecular flexibility index (Phi) is 4.17. The number of thiophene rings is 1. The van der Waals surface area contributed by atoms with Crippen LogP contribution in [-0.4, -0.2) is 21.0 Å². The lowest BCUT2D eigenvalue weighted by Crippen LogP contribution is -2.33. The lowest BCUT2D eigenvalue weighted by atomic mass is 10.1. The van der Waals surface area contributed by atoms with Crippen molar-refractivity contribution in [2.45, 2.75) is 32.5 Å². The molecule has 0 saturated heterocycles. The van der Waals surface area contributed by atoms with Gasteiger partial charge in [-0.05, 0) is 31.4 Å². The molecule has 0 fully saturated rings. The summed E-state index contributed by atoms with van der Waals surface area (Å²) < 4.78 is 7.33. The Morgan fingerprint density at radius 2 is 2.29 bits per heavy atom. The molecule has 3 aromatic rings. The normalized spacial score (nSPS) is 14.2. The molecule has 0 bridgehead atoms. The van der Waals surface area contributed by atoms with Gasteiger partial charge < -0.3 is 9.84 Å². The minimum Gasteiger partial charge on any atom is -0.355 e. The Hall–Kier alpha value is -1.92. The van der Waals surface area contributed by atoms with Crippen molar-refractivity contribution in [2.24, 2.45) is 0 Å². The van der Waals surface area contributed by atoms with Gasteiger partial charge in [0.1, 0.15) is 0 Å². The Morgan fingerprint density at radius 1 is 1.38 bits per heavy atom. The van der Waals surface area contributed by atoms with Crippen LogP contribution < -0.4 is 5.32 Å². The fourth-order valence-electron chi connectivity index (χ4n) is 2.12. The molecule has 0 saturated carbocycles. The van der Waals surface area contributed by atoms with Crippen LogP contribution in [0.1, 0.15) is 25.6 Å². The van der Waals surface area contributed by atoms with E-state index in [-0.39, 0.29) is 12.1 Å². The molecular formula is C15H18N4OS. The molecule has 0 aliphatic rings. The smallest absolute Gasteiger partial charge is 0.177 e. The van der Waals surface area contributed by atoms with E-state index in [0.29, 0.717) is 6.54 Å². The van der Waals surface area contributed by atoms with Crippen molar-refractivity contribution < 1.29 is 4.52 Å². The Balaban J connectivity index is 1.58. The summed E-state index contributed by atoms with van der Waals surface area (Å²) in [5.41, 5.74) is 0.915. The van der Waals surface area contributed by atoms with Gasteiger partial charge in [0.05, 0.1) is 16.6 Å². The van der Waals surface area contributed by atoms with E-state index >= 15 is 0 Å². The van der Waals surface area contributed by atoms with E-state index in [4.69, 9.17) is 4.52 Å². The first-order valence-electron chi connectivity index (χ1n) is 6.96. The lowest BCUT2D eigenvalue weighted by Gasteiger charge is -2.21. The molecule has 21 heavy (non-hydrogen) atoms. The predicted octanol–water partition coefficient (Wildman–Crippen LogP) is 3.34. The number of hydrogen-bond donors (Lipinski definition) is 1. The molecule has 0 spiro atoms. The van der Waals surface area contributed by atoms with Gasteiger partial charge in [-0.2, -0.15) is 5.10 Å². The third kappa shape index (κ3) is 3.22. The van der Waals surface area contributed by atoms with Gasteiger partial charge in [0.2, 0.25) is 0 Å². The molecule has 0 aromatic carbocycles. The molecule has 3 aromatic heterocycles. The Morgan fingerprint density at radius 3 is 3.00 bits per heavy atom. The van der Waals surface area contributed by atoms with E-state index < -0.39 is 0 Å². The highest BCUT2D eigenvalue weighted by atomic mass is 32.1. The summed E-state index contributed by atoms with van der Waals surface area (Å²) in [6.45, 7) is 4.97. The van der Waals surface area contributed by atoms with Gasteiger partial charge in [0.15, 0.2) is 5.76 Å². The number of nitrogens with one attached hydrogen (secondary N) is 1. The standard InChI is InChI=1S/C15H18N4OS/c1-11(12(2)19-7-4-6-17-19)16-10-13-9-14(20-18-13)15-5-3-8-21-15/h3-9,11-12,16H,10H2,1-2H3/t11-,12-/m1/s1. The molecule has 0 amide bonds. The second-order valence-corrected chi connectivity index (χ2v) is 6.00. The van der Waals surface area contributed by atoms with E-state index in [0.717, 1.165) is 16.3 Å². The van der Waals surface area contributed by atoms with Crippen LogP contribution in [-0.2, 0) is 6.54 Å². The summed E-state index contributed by atoms with van der Waals surface area (Å²) in [6, 6.07) is 8.53. The largest absolute Gasteiger partial charge is 0.355 e. The number of nitrogens with zero attached hydrogens (tertiary/aromatic N) is 3. The molecule has 0 radical (unpaired) electrons. The molecule has 3 heterocycles. The highest BCUT2D eigenvalue weighted by Crippen LogP contribution is 2.25. The van der Waals surface area contributed by atoms with Crippen LogP contribution in [0.25, 0.3) is 10.6 Å². The molecule has 0 aliphatic carbocycles. The number of hydrogen-bond acceptors (Lipinski definition) is 5. The molecule has 5 nitrogen and oxygen atoms in total. The predicted molar refractivity (Wildman–Crippen MR) is 83.1 cm³/mol. The molecule has 1 N–H and O–H groups in total. The molecule has 0 aliphatic heterocycles. The lowest BCUT2D eigenvalue weighted by molar-refractivity contribution is 0.357. The monoisotopic (exact) mass is 302 g/mol. The number of rotatable bonds is 6. The fourth-order valence-corrected chi connectivity index (χ4v) is 2.79. The van der Waals surface area contributed by atoms with E-state index in [1.165, 1.54) is 0 Å². The van der Waals surface area contributed by atoms with E-state index in [2.05, 4.69) is 29.4 Å². The van der Waals surface area contributed by atoms with Crippen LogP contribution >= 0.6 is 11.3 Å². The summed E-state index contributed by atoms with van der Waals surface area (Å²) in [5, 5.41) is 13.9. The number of aromatic nitrogens is 3. The van der Waals surface area contributed by atoms with E-state index in [1.54, 1.807) is 17.5 Å². The first-order chi connectivity index (χ1) is 10.2. The highest BCUT2D eigenvalue weighted by molar-refractivity contribution is 7.13. The molecular weight excluding hydrogens is 284 g/mol. The Labute approximate surface area is 127 Å². The maximum atomic E-state index is 5.38. The van der Waals surface area contributed by atoms with Crippen LogP contribution in [0.4, 0.5) is 0 Å². The van der Waals surface area contributed by atoms with Crippen molar-refractivity contribution in [3.63, 3.8) is 0 Å². The van der Waals surface area contributed by atoms with Crippen molar-refractivity contribution in [1.82, 2.24) is 20.3 Å². The summed E-state index contributed by atoms with van der Waals surface area (Å²) in [7, 11) is 0. The van der Waals surface area contributed by atoms with Crippen LogP contribution in [0.15, 0.2) is 46.6 Å². The SMILES string of the molecule is C[C@H]([C@@H](C)NCc1cc(-c2cccs2)on1)n1cccn1. The maximum absolute atomic E-state index is 5.38. The summed E-state index contributed by atoms with van der Waals surface area (Å²) in [5.74, 6) is 0.828. The van der Waals surface area contributed by atoms with Crippen molar-refractivity contribution in [2.75, 3.05) is 0 Å². The van der Waals surface area contributed by atoms with Crippen molar-refractivity contribution in [3.8, 4) is 10.6 Å². The van der Waals surface area contributed by atoms with Gasteiger partial charge in [0.25, 0.3) is 0 Å². The molecule has 6 heteroatoms. The summed E-state index contributed by atoms with van der Waals surface area (Å²) in [4.78, 5) is 1.10. The van der Waals surface area contributed by atoms with Crippen molar-refractivity contribution >= 4 is 11.3 Å². The first kappa shape index (κ1) is 14.0. The van der Waals surface area contributed by atoms with Gasteiger partial charge in [-0.1, -0.05) is 11.2 Å². The maximum Gasteiger partial charge on any atom is 0.177 e. The van der Waals surface area contributed by atoms with Crippen LogP contribution in [0.3, 0.4) is 0 Å². The van der Waals surface area contributed by atoms with E-state index in [9.17, 15) is 0 Å². The van der Waals surface area contributed by atoms with Crippen LogP contribution in [0, 0.1) is 0 Å². The van der Waals surface area contributed by atoms with Crippen molar-refractivity contribution in [1.29, 1.82) is 0 Å². The summed E-state index contributed by atoms with van der Waals surface area (Å²) >= 11 is 1.65. The van der Waals surface area contributed by atoms with Gasteiger partial charge in [0, 0.05) is 31.0 Å². The minimum atomic E-state index is 0.281. The zero-order chi connectivity index (χ0) is 14.7. The fraction of sp³-hybridized carbons (Fsp3) is 0.333. The molecule has 3 rings (SSSR count). The third-order valence-corrected chi connectivity index (χ3v) is 4.48. The quantitative estimate of drug-likeness (QED) is 0.759. The molecule has 110 valence electrons. The van der Waals surface area contributed by atoms with Gasteiger partial charge in [-0.15, -0.1) is 11.3 Å².